The number of benzene rings is 2. The van der Waals surface area contributed by atoms with E-state index in [-0.39, 0.29) is 12.1 Å². The summed E-state index contributed by atoms with van der Waals surface area (Å²) in [4.78, 5) is 4.39. The number of nitrogens with zero attached hydrogens (tertiary/aromatic N) is 3. The molecule has 3 aromatic rings. The van der Waals surface area contributed by atoms with Gasteiger partial charge in [-0.25, -0.2) is 4.68 Å². The largest absolute Gasteiger partial charge is 0.494 e. The number of hydrogen-bond donors (Lipinski definition) is 1. The lowest BCUT2D eigenvalue weighted by Gasteiger charge is -2.32. The lowest BCUT2D eigenvalue weighted by atomic mass is 9.93. The maximum absolute atomic E-state index is 5.85. The van der Waals surface area contributed by atoms with Crippen LogP contribution in [-0.2, 0) is 0 Å². The molecule has 2 aromatic carbocycles. The van der Waals surface area contributed by atoms with Crippen molar-refractivity contribution in [2.75, 3.05) is 11.9 Å². The molecule has 2 atom stereocenters. The molecule has 4 rings (SSSR count). The maximum atomic E-state index is 5.85. The normalized spacial score (nSPS) is 19.1. The van der Waals surface area contributed by atoms with Gasteiger partial charge < -0.3 is 10.1 Å². The molecule has 0 radical (unpaired) electrons. The van der Waals surface area contributed by atoms with E-state index in [0.717, 1.165) is 28.2 Å². The number of nitrogens with one attached hydrogen (secondary N) is 1. The van der Waals surface area contributed by atoms with E-state index in [2.05, 4.69) is 61.7 Å². The van der Waals surface area contributed by atoms with Gasteiger partial charge in [0.25, 0.3) is 0 Å². The van der Waals surface area contributed by atoms with Crippen LogP contribution in [0.2, 0.25) is 0 Å². The summed E-state index contributed by atoms with van der Waals surface area (Å²) in [5.41, 5.74) is 2.37. The van der Waals surface area contributed by atoms with E-state index in [0.29, 0.717) is 6.61 Å². The Kier molecular flexibility index (Phi) is 4.44. The molecule has 1 N–H and O–H groups in total. The van der Waals surface area contributed by atoms with Crippen molar-refractivity contribution in [1.82, 2.24) is 14.8 Å². The van der Waals surface area contributed by atoms with Crippen molar-refractivity contribution in [2.24, 2.45) is 0 Å². The summed E-state index contributed by atoms with van der Waals surface area (Å²) in [5.74, 6) is 1.70. The molecule has 1 aliphatic heterocycles. The molecule has 0 fully saturated rings. The van der Waals surface area contributed by atoms with Gasteiger partial charge in [-0.3, -0.25) is 0 Å². The van der Waals surface area contributed by atoms with Crippen LogP contribution >= 0.6 is 15.9 Å². The zero-order valence-corrected chi connectivity index (χ0v) is 15.5. The van der Waals surface area contributed by atoms with E-state index in [4.69, 9.17) is 4.74 Å². The van der Waals surface area contributed by atoms with Crippen LogP contribution in [-0.4, -0.2) is 21.4 Å². The maximum Gasteiger partial charge on any atom is 0.222 e. The molecule has 0 saturated heterocycles. The summed E-state index contributed by atoms with van der Waals surface area (Å²) in [5, 5.41) is 7.94. The molecule has 0 spiro atoms. The molecule has 2 heterocycles. The monoisotopic (exact) mass is 398 g/mol. The van der Waals surface area contributed by atoms with Crippen LogP contribution in [0.5, 0.6) is 5.75 Å². The molecule has 1 aliphatic rings. The number of aromatic nitrogens is 3. The van der Waals surface area contributed by atoms with E-state index in [1.807, 2.05) is 29.8 Å². The summed E-state index contributed by atoms with van der Waals surface area (Å²) < 4.78 is 8.88. The number of para-hydroxylation sites is 1. The predicted molar refractivity (Wildman–Crippen MR) is 101 cm³/mol. The van der Waals surface area contributed by atoms with Gasteiger partial charge in [-0.15, -0.1) is 0 Å². The average Bonchev–Trinajstić information content (AvgIpc) is 3.11. The van der Waals surface area contributed by atoms with Crippen molar-refractivity contribution >= 4 is 21.9 Å². The summed E-state index contributed by atoms with van der Waals surface area (Å²) in [7, 11) is 0. The molecule has 0 saturated carbocycles. The lowest BCUT2D eigenvalue weighted by molar-refractivity contribution is 0.325. The van der Waals surface area contributed by atoms with Gasteiger partial charge in [0.05, 0.1) is 18.7 Å². The Morgan fingerprint density at radius 2 is 2.00 bits per heavy atom. The number of ether oxygens (including phenoxy) is 1. The second kappa shape index (κ2) is 6.88. The third-order valence-corrected chi connectivity index (χ3v) is 5.01. The molecule has 5 nitrogen and oxygen atoms in total. The van der Waals surface area contributed by atoms with Crippen LogP contribution in [0, 0.1) is 0 Å². The fourth-order valence-corrected chi connectivity index (χ4v) is 3.60. The number of hydrogen-bond acceptors (Lipinski definition) is 4. The van der Waals surface area contributed by atoms with Gasteiger partial charge in [0.1, 0.15) is 12.1 Å². The van der Waals surface area contributed by atoms with Crippen LogP contribution in [0.4, 0.5) is 5.95 Å². The Hall–Kier alpha value is -2.34. The number of anilines is 1. The zero-order valence-electron chi connectivity index (χ0n) is 13.9. The zero-order chi connectivity index (χ0) is 17.2. The van der Waals surface area contributed by atoms with E-state index < -0.39 is 0 Å². The Morgan fingerprint density at radius 3 is 2.80 bits per heavy atom. The highest BCUT2D eigenvalue weighted by Crippen LogP contribution is 2.40. The minimum Gasteiger partial charge on any atom is -0.494 e. The summed E-state index contributed by atoms with van der Waals surface area (Å²) in [6, 6.07) is 16.9. The fraction of sp³-hybridized carbons (Fsp3) is 0.263. The smallest absolute Gasteiger partial charge is 0.222 e. The van der Waals surface area contributed by atoms with Gasteiger partial charge in [-0.1, -0.05) is 46.3 Å². The summed E-state index contributed by atoms with van der Waals surface area (Å²) >= 11 is 3.50. The Balaban J connectivity index is 1.74. The first kappa shape index (κ1) is 16.1. The highest BCUT2D eigenvalue weighted by Gasteiger charge is 2.31. The number of halogens is 1. The molecule has 25 heavy (non-hydrogen) atoms. The van der Waals surface area contributed by atoms with Gasteiger partial charge in [-0.2, -0.15) is 10.1 Å². The van der Waals surface area contributed by atoms with Gasteiger partial charge in [0.2, 0.25) is 5.95 Å². The fourth-order valence-electron chi connectivity index (χ4n) is 3.34. The van der Waals surface area contributed by atoms with Crippen LogP contribution in [0.15, 0.2) is 59.3 Å². The minimum atomic E-state index is 0.0788. The average molecular weight is 399 g/mol. The number of fused-ring (bicyclic) bond motifs is 1. The Bertz CT molecular complexity index is 862. The summed E-state index contributed by atoms with van der Waals surface area (Å²) in [6.45, 7) is 2.65. The van der Waals surface area contributed by atoms with E-state index in [9.17, 15) is 0 Å². The van der Waals surface area contributed by atoms with Crippen molar-refractivity contribution < 1.29 is 4.74 Å². The second-order valence-electron chi connectivity index (χ2n) is 6.00. The number of rotatable bonds is 4. The van der Waals surface area contributed by atoms with E-state index in [1.165, 1.54) is 5.56 Å². The third-order valence-electron chi connectivity index (χ3n) is 4.48. The van der Waals surface area contributed by atoms with E-state index in [1.54, 1.807) is 6.33 Å². The van der Waals surface area contributed by atoms with Gasteiger partial charge >= 0.3 is 0 Å². The molecule has 1 aromatic heterocycles. The first-order valence-electron chi connectivity index (χ1n) is 8.39. The first-order valence-corrected chi connectivity index (χ1v) is 9.18. The van der Waals surface area contributed by atoms with Gasteiger partial charge in [-0.05, 0) is 37.1 Å². The van der Waals surface area contributed by atoms with Crippen LogP contribution in [0.3, 0.4) is 0 Å². The molecule has 0 amide bonds. The molecule has 0 unspecified atom stereocenters. The quantitative estimate of drug-likeness (QED) is 0.698. The SMILES string of the molecule is CCOc1ccccc1[C@H]1C[C@H](c2ccc(Br)cc2)Nc2ncnn21. The highest BCUT2D eigenvalue weighted by molar-refractivity contribution is 9.10. The van der Waals surface area contributed by atoms with Gasteiger partial charge in [0.15, 0.2) is 0 Å². The molecule has 0 bridgehead atoms. The summed E-state index contributed by atoms with van der Waals surface area (Å²) in [6.07, 6.45) is 2.48. The van der Waals surface area contributed by atoms with Gasteiger partial charge in [0, 0.05) is 10.0 Å². The van der Waals surface area contributed by atoms with Crippen LogP contribution in [0.25, 0.3) is 0 Å². The van der Waals surface area contributed by atoms with Crippen LogP contribution in [0.1, 0.15) is 36.6 Å². The molecular weight excluding hydrogens is 380 g/mol. The minimum absolute atomic E-state index is 0.0788. The second-order valence-corrected chi connectivity index (χ2v) is 6.91. The van der Waals surface area contributed by atoms with Crippen LogP contribution < -0.4 is 10.1 Å². The Morgan fingerprint density at radius 1 is 1.20 bits per heavy atom. The van der Waals surface area contributed by atoms with E-state index >= 15 is 0 Å². The molecule has 0 aliphatic carbocycles. The molecular formula is C19H19BrN4O. The molecule has 6 heteroatoms. The first-order chi connectivity index (χ1) is 12.3. The van der Waals surface area contributed by atoms with Crippen molar-refractivity contribution in [3.05, 3.63) is 70.5 Å². The predicted octanol–water partition coefficient (Wildman–Crippen LogP) is 4.59. The third kappa shape index (κ3) is 3.14. The topological polar surface area (TPSA) is 52.0 Å². The van der Waals surface area contributed by atoms with Crippen molar-refractivity contribution in [2.45, 2.75) is 25.4 Å². The van der Waals surface area contributed by atoms with Crippen molar-refractivity contribution in [3.63, 3.8) is 0 Å². The van der Waals surface area contributed by atoms with Crippen molar-refractivity contribution in [3.8, 4) is 5.75 Å². The standard InChI is InChI=1S/C19H19BrN4O/c1-2-25-18-6-4-3-5-15(18)17-11-16(13-7-9-14(20)10-8-13)23-19-21-12-22-24(17)19/h3-10,12,16-17H,2,11H2,1H3,(H,21,22,23)/t16-,17-/m1/s1. The van der Waals surface area contributed by atoms with Crippen molar-refractivity contribution in [1.29, 1.82) is 0 Å². The molecule has 128 valence electrons. The lowest BCUT2D eigenvalue weighted by Crippen LogP contribution is -2.28. The highest BCUT2D eigenvalue weighted by atomic mass is 79.9. The Labute approximate surface area is 155 Å².